The predicted molar refractivity (Wildman–Crippen MR) is 82.1 cm³/mol. The van der Waals surface area contributed by atoms with Crippen LogP contribution in [-0.2, 0) is 11.3 Å². The second-order valence-corrected chi connectivity index (χ2v) is 4.44. The third-order valence-electron chi connectivity index (χ3n) is 2.92. The molecule has 1 aromatic carbocycles. The molecule has 0 aliphatic rings. The van der Waals surface area contributed by atoms with E-state index in [1.807, 2.05) is 0 Å². The fourth-order valence-electron chi connectivity index (χ4n) is 1.78. The molecule has 0 atom stereocenters. The Morgan fingerprint density at radius 3 is 2.83 bits per heavy atom. The van der Waals surface area contributed by atoms with Crippen LogP contribution in [0, 0.1) is 5.95 Å². The van der Waals surface area contributed by atoms with Crippen molar-refractivity contribution >= 4 is 12.1 Å². The summed E-state index contributed by atoms with van der Waals surface area (Å²) >= 11 is 0. The highest BCUT2D eigenvalue weighted by molar-refractivity contribution is 5.82. The lowest BCUT2D eigenvalue weighted by atomic mass is 10.3. The average Bonchev–Trinajstić information content (AvgIpc) is 2.93. The van der Waals surface area contributed by atoms with Crippen molar-refractivity contribution in [1.29, 1.82) is 0 Å². The molecule has 0 bridgehead atoms. The van der Waals surface area contributed by atoms with E-state index in [2.05, 4.69) is 15.6 Å². The Hall–Kier alpha value is -2.90. The van der Waals surface area contributed by atoms with Gasteiger partial charge in [-0.25, -0.2) is 10.1 Å². The van der Waals surface area contributed by atoms with Gasteiger partial charge in [0.2, 0.25) is 5.95 Å². The monoisotopic (exact) mass is 320 g/mol. The molecule has 0 fully saturated rings. The van der Waals surface area contributed by atoms with Crippen LogP contribution in [0.1, 0.15) is 12.5 Å². The van der Waals surface area contributed by atoms with Gasteiger partial charge < -0.3 is 9.47 Å². The van der Waals surface area contributed by atoms with Crippen LogP contribution >= 0.6 is 0 Å². The van der Waals surface area contributed by atoms with E-state index in [-0.39, 0.29) is 12.2 Å². The van der Waals surface area contributed by atoms with E-state index in [0.717, 1.165) is 0 Å². The van der Waals surface area contributed by atoms with Crippen LogP contribution in [0.25, 0.3) is 0 Å². The molecule has 0 spiro atoms. The van der Waals surface area contributed by atoms with E-state index in [1.165, 1.54) is 24.2 Å². The Bertz CT molecular complexity index is 700. The molecule has 0 aliphatic heterocycles. The first-order valence-corrected chi connectivity index (χ1v) is 6.94. The molecule has 1 amide bonds. The van der Waals surface area contributed by atoms with Crippen molar-refractivity contribution in [1.82, 2.24) is 15.2 Å². The zero-order valence-corrected chi connectivity index (χ0v) is 12.8. The molecule has 122 valence electrons. The molecular weight excluding hydrogens is 303 g/mol. The van der Waals surface area contributed by atoms with Crippen LogP contribution in [0.4, 0.5) is 4.39 Å². The molecule has 0 radical (unpaired) electrons. The number of carbonyl (C=O) groups is 1. The molecule has 0 saturated carbocycles. The molecule has 1 aromatic heterocycles. The van der Waals surface area contributed by atoms with Gasteiger partial charge in [-0.1, -0.05) is 12.1 Å². The molecule has 23 heavy (non-hydrogen) atoms. The molecular formula is C15H17FN4O3. The lowest BCUT2D eigenvalue weighted by Crippen LogP contribution is -2.24. The summed E-state index contributed by atoms with van der Waals surface area (Å²) in [6, 6.07) is 6.96. The van der Waals surface area contributed by atoms with Crippen LogP contribution in [-0.4, -0.2) is 35.6 Å². The van der Waals surface area contributed by atoms with Gasteiger partial charge in [-0.15, -0.1) is 0 Å². The number of para-hydroxylation sites is 2. The minimum Gasteiger partial charge on any atom is -0.493 e. The Balaban J connectivity index is 1.85. The number of carbonyl (C=O) groups excluding carboxylic acids is 1. The number of rotatable bonds is 7. The van der Waals surface area contributed by atoms with Crippen LogP contribution in [0.5, 0.6) is 11.5 Å². The number of ether oxygens (including phenoxy) is 2. The van der Waals surface area contributed by atoms with Crippen molar-refractivity contribution < 1.29 is 18.7 Å². The van der Waals surface area contributed by atoms with Crippen LogP contribution in [0.3, 0.4) is 0 Å². The molecule has 8 heteroatoms. The van der Waals surface area contributed by atoms with E-state index in [1.54, 1.807) is 31.2 Å². The number of benzene rings is 1. The normalized spacial score (nSPS) is 10.7. The van der Waals surface area contributed by atoms with E-state index in [4.69, 9.17) is 9.47 Å². The van der Waals surface area contributed by atoms with Crippen LogP contribution in [0.15, 0.2) is 35.6 Å². The minimum absolute atomic E-state index is 0.192. The first-order chi connectivity index (χ1) is 11.2. The molecule has 1 heterocycles. The molecule has 0 saturated heterocycles. The van der Waals surface area contributed by atoms with E-state index >= 15 is 0 Å². The summed E-state index contributed by atoms with van der Waals surface area (Å²) in [4.78, 5) is 11.6. The number of methoxy groups -OCH3 is 1. The van der Waals surface area contributed by atoms with Crippen molar-refractivity contribution in [3.05, 3.63) is 42.0 Å². The van der Waals surface area contributed by atoms with Gasteiger partial charge in [0, 0.05) is 6.54 Å². The minimum atomic E-state index is -0.504. The van der Waals surface area contributed by atoms with Crippen molar-refractivity contribution in [3.8, 4) is 11.5 Å². The smallest absolute Gasteiger partial charge is 0.277 e. The third-order valence-corrected chi connectivity index (χ3v) is 2.92. The van der Waals surface area contributed by atoms with Crippen LogP contribution < -0.4 is 14.9 Å². The SMILES string of the molecule is CCn1ncc(C=NNC(=O)COc2ccccc2OC)c1F. The number of nitrogens with zero attached hydrogens (tertiary/aromatic N) is 3. The van der Waals surface area contributed by atoms with E-state index < -0.39 is 11.9 Å². The maximum absolute atomic E-state index is 13.7. The number of amides is 1. The summed E-state index contributed by atoms with van der Waals surface area (Å²) in [5, 5.41) is 7.50. The summed E-state index contributed by atoms with van der Waals surface area (Å²) in [7, 11) is 1.51. The summed E-state index contributed by atoms with van der Waals surface area (Å²) in [5.41, 5.74) is 2.45. The third kappa shape index (κ3) is 4.29. The number of aryl methyl sites for hydroxylation is 1. The summed E-state index contributed by atoms with van der Waals surface area (Å²) in [6.45, 7) is 1.95. The van der Waals surface area contributed by atoms with Gasteiger partial charge in [-0.2, -0.15) is 14.6 Å². The summed E-state index contributed by atoms with van der Waals surface area (Å²) < 4.78 is 25.3. The molecule has 2 rings (SSSR count). The molecule has 7 nitrogen and oxygen atoms in total. The first kappa shape index (κ1) is 16.5. The molecule has 0 aliphatic carbocycles. The topological polar surface area (TPSA) is 77.7 Å². The highest BCUT2D eigenvalue weighted by Gasteiger charge is 2.08. The fraction of sp³-hybridized carbons (Fsp3) is 0.267. The van der Waals surface area contributed by atoms with Crippen LogP contribution in [0.2, 0.25) is 0 Å². The summed E-state index contributed by atoms with van der Waals surface area (Å²) in [5.74, 6) is -0.00605. The van der Waals surface area contributed by atoms with E-state index in [0.29, 0.717) is 18.0 Å². The lowest BCUT2D eigenvalue weighted by molar-refractivity contribution is -0.123. The van der Waals surface area contributed by atoms with Gasteiger partial charge in [-0.3, -0.25) is 4.79 Å². The van der Waals surface area contributed by atoms with Crippen molar-refractivity contribution in [2.24, 2.45) is 5.10 Å². The van der Waals surface area contributed by atoms with Crippen molar-refractivity contribution in [3.63, 3.8) is 0 Å². The van der Waals surface area contributed by atoms with Gasteiger partial charge in [0.05, 0.1) is 25.1 Å². The largest absolute Gasteiger partial charge is 0.493 e. The zero-order valence-electron chi connectivity index (χ0n) is 12.8. The van der Waals surface area contributed by atoms with Gasteiger partial charge in [0.25, 0.3) is 5.91 Å². The zero-order chi connectivity index (χ0) is 16.7. The Morgan fingerprint density at radius 2 is 2.17 bits per heavy atom. The van der Waals surface area contributed by atoms with Gasteiger partial charge in [0.1, 0.15) is 0 Å². The number of hydrazone groups is 1. The van der Waals surface area contributed by atoms with Crippen molar-refractivity contribution in [2.45, 2.75) is 13.5 Å². The Kier molecular flexibility index (Phi) is 5.67. The number of aromatic nitrogens is 2. The Labute approximate surface area is 132 Å². The maximum atomic E-state index is 13.7. The Morgan fingerprint density at radius 1 is 1.43 bits per heavy atom. The number of nitrogens with one attached hydrogen (secondary N) is 1. The van der Waals surface area contributed by atoms with Crippen molar-refractivity contribution in [2.75, 3.05) is 13.7 Å². The lowest BCUT2D eigenvalue weighted by Gasteiger charge is -2.09. The molecule has 1 N–H and O–H groups in total. The maximum Gasteiger partial charge on any atom is 0.277 e. The van der Waals surface area contributed by atoms with Gasteiger partial charge >= 0.3 is 0 Å². The highest BCUT2D eigenvalue weighted by Crippen LogP contribution is 2.25. The quantitative estimate of drug-likeness (QED) is 0.620. The second kappa shape index (κ2) is 7.92. The number of hydrogen-bond donors (Lipinski definition) is 1. The summed E-state index contributed by atoms with van der Waals surface area (Å²) in [6.07, 6.45) is 2.52. The second-order valence-electron chi connectivity index (χ2n) is 4.44. The number of hydrogen-bond acceptors (Lipinski definition) is 5. The van der Waals surface area contributed by atoms with Gasteiger partial charge in [-0.05, 0) is 19.1 Å². The first-order valence-electron chi connectivity index (χ1n) is 6.94. The average molecular weight is 320 g/mol. The number of halogens is 1. The van der Waals surface area contributed by atoms with E-state index in [9.17, 15) is 9.18 Å². The highest BCUT2D eigenvalue weighted by atomic mass is 19.1. The van der Waals surface area contributed by atoms with Gasteiger partial charge in [0.15, 0.2) is 18.1 Å². The molecule has 0 unspecified atom stereocenters. The molecule has 2 aromatic rings. The standard InChI is InChI=1S/C15H17FN4O3/c1-3-20-15(16)11(9-18-20)8-17-19-14(21)10-23-13-7-5-4-6-12(13)22-2/h4-9H,3,10H2,1-2H3,(H,19,21). The fourth-order valence-corrected chi connectivity index (χ4v) is 1.78. The predicted octanol–water partition coefficient (Wildman–Crippen LogP) is 1.58.